The third-order valence-corrected chi connectivity index (χ3v) is 6.16. The third-order valence-electron chi connectivity index (χ3n) is 6.16. The number of hydrogen-bond acceptors (Lipinski definition) is 4. The SMILES string of the molecule is COc1cccc2c1CCCC2CN(C)CCc1ccc2c(c1)NCC(=O)C2. The van der Waals surface area contributed by atoms with Gasteiger partial charge in [-0.3, -0.25) is 4.79 Å². The third kappa shape index (κ3) is 4.07. The maximum Gasteiger partial charge on any atom is 0.156 e. The van der Waals surface area contributed by atoms with E-state index in [1.165, 1.54) is 29.5 Å². The summed E-state index contributed by atoms with van der Waals surface area (Å²) in [6.07, 6.45) is 5.21. The minimum absolute atomic E-state index is 0.268. The maximum atomic E-state index is 11.6. The van der Waals surface area contributed by atoms with Crippen molar-refractivity contribution >= 4 is 11.5 Å². The van der Waals surface area contributed by atoms with Crippen molar-refractivity contribution in [3.63, 3.8) is 0 Å². The van der Waals surface area contributed by atoms with E-state index in [-0.39, 0.29) is 5.78 Å². The Morgan fingerprint density at radius 2 is 2.14 bits per heavy atom. The number of carbonyl (C=O) groups is 1. The lowest BCUT2D eigenvalue weighted by atomic mass is 9.82. The Kier molecular flexibility index (Phi) is 5.67. The quantitative estimate of drug-likeness (QED) is 0.830. The van der Waals surface area contributed by atoms with Crippen LogP contribution < -0.4 is 10.1 Å². The van der Waals surface area contributed by atoms with E-state index in [9.17, 15) is 4.79 Å². The van der Waals surface area contributed by atoms with Crippen molar-refractivity contribution in [2.45, 2.75) is 38.0 Å². The van der Waals surface area contributed by atoms with E-state index < -0.39 is 0 Å². The second kappa shape index (κ2) is 8.36. The summed E-state index contributed by atoms with van der Waals surface area (Å²) < 4.78 is 5.58. The van der Waals surface area contributed by atoms with Gasteiger partial charge in [0.15, 0.2) is 5.78 Å². The lowest BCUT2D eigenvalue weighted by Crippen LogP contribution is -2.29. The van der Waals surface area contributed by atoms with Gasteiger partial charge in [0.2, 0.25) is 0 Å². The van der Waals surface area contributed by atoms with Crippen LogP contribution in [-0.4, -0.2) is 44.5 Å². The number of nitrogens with one attached hydrogen (secondary N) is 1. The normalized spacial score (nSPS) is 18.4. The minimum atomic E-state index is 0.268. The molecule has 0 amide bonds. The van der Waals surface area contributed by atoms with Crippen molar-refractivity contribution < 1.29 is 9.53 Å². The largest absolute Gasteiger partial charge is 0.496 e. The summed E-state index contributed by atoms with van der Waals surface area (Å²) >= 11 is 0. The Balaban J connectivity index is 1.37. The molecule has 1 heterocycles. The Morgan fingerprint density at radius 1 is 1.25 bits per heavy atom. The smallest absolute Gasteiger partial charge is 0.156 e. The number of benzene rings is 2. The molecule has 28 heavy (non-hydrogen) atoms. The fourth-order valence-electron chi connectivity index (χ4n) is 4.65. The number of hydrogen-bond donors (Lipinski definition) is 1. The molecule has 1 aliphatic heterocycles. The van der Waals surface area contributed by atoms with Crippen molar-refractivity contribution in [3.8, 4) is 5.75 Å². The first-order chi connectivity index (χ1) is 13.6. The van der Waals surface area contributed by atoms with Gasteiger partial charge < -0.3 is 15.0 Å². The number of rotatable bonds is 6. The molecule has 0 fully saturated rings. The topological polar surface area (TPSA) is 41.6 Å². The average Bonchev–Trinajstić information content (AvgIpc) is 2.72. The van der Waals surface area contributed by atoms with Crippen molar-refractivity contribution in [3.05, 3.63) is 58.7 Å². The van der Waals surface area contributed by atoms with Gasteiger partial charge in [0.05, 0.1) is 13.7 Å². The molecule has 1 aliphatic carbocycles. The van der Waals surface area contributed by atoms with Crippen molar-refractivity contribution in [1.82, 2.24) is 4.90 Å². The molecule has 0 saturated carbocycles. The zero-order chi connectivity index (χ0) is 19.5. The lowest BCUT2D eigenvalue weighted by Gasteiger charge is -2.30. The van der Waals surface area contributed by atoms with Crippen LogP contribution in [0.5, 0.6) is 5.75 Å². The van der Waals surface area contributed by atoms with Gasteiger partial charge in [0.1, 0.15) is 5.75 Å². The Hall–Kier alpha value is -2.33. The van der Waals surface area contributed by atoms with Crippen LogP contribution in [0.2, 0.25) is 0 Å². The van der Waals surface area contributed by atoms with Gasteiger partial charge in [0, 0.05) is 25.2 Å². The van der Waals surface area contributed by atoms with Crippen LogP contribution in [0, 0.1) is 0 Å². The number of ether oxygens (including phenoxy) is 1. The highest BCUT2D eigenvalue weighted by molar-refractivity contribution is 5.89. The summed E-state index contributed by atoms with van der Waals surface area (Å²) in [5.41, 5.74) is 6.47. The number of anilines is 1. The number of likely N-dealkylation sites (N-methyl/N-ethyl adjacent to an activating group) is 1. The van der Waals surface area contributed by atoms with Crippen LogP contribution in [0.25, 0.3) is 0 Å². The first kappa shape index (κ1) is 19.0. The summed E-state index contributed by atoms with van der Waals surface area (Å²) in [5, 5.41) is 3.25. The van der Waals surface area contributed by atoms with E-state index in [0.717, 1.165) is 42.9 Å². The van der Waals surface area contributed by atoms with Crippen LogP contribution in [0.4, 0.5) is 5.69 Å². The first-order valence-corrected chi connectivity index (χ1v) is 10.4. The predicted molar refractivity (Wildman–Crippen MR) is 114 cm³/mol. The standard InChI is InChI=1S/C24H30N2O2/c1-26(12-11-17-9-10-18-14-20(27)15-25-23(18)13-17)16-19-5-3-7-22-21(19)6-4-8-24(22)28-2/h4,6,8-10,13,19,25H,3,5,7,11-12,14-16H2,1-2H3. The Bertz CT molecular complexity index is 862. The average molecular weight is 379 g/mol. The molecule has 1 atom stereocenters. The molecule has 4 heteroatoms. The van der Waals surface area contributed by atoms with E-state index in [1.54, 1.807) is 7.11 Å². The zero-order valence-electron chi connectivity index (χ0n) is 17.0. The van der Waals surface area contributed by atoms with Gasteiger partial charge in [-0.25, -0.2) is 0 Å². The monoisotopic (exact) mass is 378 g/mol. The number of carbonyl (C=O) groups excluding carboxylic acids is 1. The highest BCUT2D eigenvalue weighted by Gasteiger charge is 2.23. The molecule has 0 spiro atoms. The Labute approximate surface area is 167 Å². The molecule has 0 aromatic heterocycles. The summed E-state index contributed by atoms with van der Waals surface area (Å²) in [7, 11) is 4.00. The van der Waals surface area contributed by atoms with Crippen molar-refractivity contribution in [2.75, 3.05) is 39.1 Å². The number of methoxy groups -OCH3 is 1. The molecule has 0 saturated heterocycles. The van der Waals surface area contributed by atoms with E-state index in [1.807, 2.05) is 0 Å². The van der Waals surface area contributed by atoms with Gasteiger partial charge in [-0.15, -0.1) is 0 Å². The molecule has 2 aromatic carbocycles. The van der Waals surface area contributed by atoms with E-state index >= 15 is 0 Å². The summed E-state index contributed by atoms with van der Waals surface area (Å²) in [5.74, 6) is 1.90. The molecule has 0 radical (unpaired) electrons. The van der Waals surface area contributed by atoms with Gasteiger partial charge in [-0.2, -0.15) is 0 Å². The highest BCUT2D eigenvalue weighted by atomic mass is 16.5. The maximum absolute atomic E-state index is 11.6. The van der Waals surface area contributed by atoms with Gasteiger partial charge in [-0.05, 0) is 73.0 Å². The summed E-state index contributed by atoms with van der Waals surface area (Å²) in [6, 6.07) is 13.0. The fourth-order valence-corrected chi connectivity index (χ4v) is 4.65. The fraction of sp³-hybridized carbons (Fsp3) is 0.458. The molecule has 2 aliphatic rings. The van der Waals surface area contributed by atoms with Gasteiger partial charge in [0.25, 0.3) is 0 Å². The molecular weight excluding hydrogens is 348 g/mol. The highest BCUT2D eigenvalue weighted by Crippen LogP contribution is 2.36. The number of Topliss-reactive ketones (excluding diaryl/α,β-unsaturated/α-hetero) is 1. The van der Waals surface area contributed by atoms with Crippen LogP contribution in [-0.2, 0) is 24.1 Å². The molecule has 4 nitrogen and oxygen atoms in total. The Morgan fingerprint density at radius 3 is 3.00 bits per heavy atom. The molecule has 148 valence electrons. The first-order valence-electron chi connectivity index (χ1n) is 10.4. The van der Waals surface area contributed by atoms with E-state index in [4.69, 9.17) is 4.74 Å². The molecule has 0 bridgehead atoms. The van der Waals surface area contributed by atoms with Gasteiger partial charge >= 0.3 is 0 Å². The zero-order valence-corrected chi connectivity index (χ0v) is 17.0. The minimum Gasteiger partial charge on any atom is -0.496 e. The van der Waals surface area contributed by atoms with Crippen molar-refractivity contribution in [2.24, 2.45) is 0 Å². The van der Waals surface area contributed by atoms with Crippen LogP contribution >= 0.6 is 0 Å². The van der Waals surface area contributed by atoms with Gasteiger partial charge in [-0.1, -0.05) is 24.3 Å². The van der Waals surface area contributed by atoms with Crippen LogP contribution in [0.3, 0.4) is 0 Å². The number of nitrogens with zero attached hydrogens (tertiary/aromatic N) is 1. The molecule has 4 rings (SSSR count). The second-order valence-electron chi connectivity index (χ2n) is 8.19. The predicted octanol–water partition coefficient (Wildman–Crippen LogP) is 3.83. The van der Waals surface area contributed by atoms with Crippen LogP contribution in [0.1, 0.15) is 41.0 Å². The van der Waals surface area contributed by atoms with E-state index in [2.05, 4.69) is 53.7 Å². The summed E-state index contributed by atoms with van der Waals surface area (Å²) in [4.78, 5) is 14.0. The van der Waals surface area contributed by atoms with Crippen LogP contribution in [0.15, 0.2) is 36.4 Å². The van der Waals surface area contributed by atoms with E-state index in [0.29, 0.717) is 18.9 Å². The molecule has 2 aromatic rings. The number of fused-ring (bicyclic) bond motifs is 2. The lowest BCUT2D eigenvalue weighted by molar-refractivity contribution is -0.117. The van der Waals surface area contributed by atoms with Crippen molar-refractivity contribution in [1.29, 1.82) is 0 Å². The molecular formula is C24H30N2O2. The second-order valence-corrected chi connectivity index (χ2v) is 8.19. The number of ketones is 1. The molecule has 1 N–H and O–H groups in total. The summed E-state index contributed by atoms with van der Waals surface area (Å²) in [6.45, 7) is 2.58. The molecule has 1 unspecified atom stereocenters.